The fourth-order valence-electron chi connectivity index (χ4n) is 1.92. The highest BCUT2D eigenvalue weighted by Gasteiger charge is 2.28. The van der Waals surface area contributed by atoms with Crippen molar-refractivity contribution in [3.63, 3.8) is 0 Å². The molecule has 0 saturated heterocycles. The molecule has 0 aromatic heterocycles. The average Bonchev–Trinajstić information content (AvgIpc) is 2.52. The Bertz CT molecular complexity index is 439. The normalized spacial score (nSPS) is 17.9. The average molecular weight is 203 g/mol. The molecule has 0 bridgehead atoms. The van der Waals surface area contributed by atoms with Crippen molar-refractivity contribution in [2.24, 2.45) is 0 Å². The van der Waals surface area contributed by atoms with Crippen LogP contribution in [0.3, 0.4) is 0 Å². The lowest BCUT2D eigenvalue weighted by molar-refractivity contribution is 0.0879. The molecule has 0 spiro atoms. The SMILES string of the molecule is O=C1NC(=O)c2cc3c(cc21)CNCN3. The van der Waals surface area contributed by atoms with Gasteiger partial charge in [0.2, 0.25) is 0 Å². The smallest absolute Gasteiger partial charge is 0.259 e. The summed E-state index contributed by atoms with van der Waals surface area (Å²) in [5.41, 5.74) is 2.89. The van der Waals surface area contributed by atoms with Gasteiger partial charge in [0, 0.05) is 12.2 Å². The van der Waals surface area contributed by atoms with Crippen LogP contribution in [0.2, 0.25) is 0 Å². The van der Waals surface area contributed by atoms with Crippen LogP contribution in [-0.4, -0.2) is 18.5 Å². The van der Waals surface area contributed by atoms with Gasteiger partial charge in [-0.2, -0.15) is 0 Å². The van der Waals surface area contributed by atoms with E-state index in [0.29, 0.717) is 17.8 Å². The topological polar surface area (TPSA) is 70.2 Å². The number of nitrogens with one attached hydrogen (secondary N) is 3. The lowest BCUT2D eigenvalue weighted by Gasteiger charge is -2.19. The summed E-state index contributed by atoms with van der Waals surface area (Å²) in [7, 11) is 0. The quantitative estimate of drug-likeness (QED) is 0.521. The van der Waals surface area contributed by atoms with E-state index >= 15 is 0 Å². The van der Waals surface area contributed by atoms with Gasteiger partial charge in [-0.1, -0.05) is 0 Å². The Morgan fingerprint density at radius 2 is 1.80 bits per heavy atom. The van der Waals surface area contributed by atoms with Crippen molar-refractivity contribution < 1.29 is 9.59 Å². The minimum atomic E-state index is -0.307. The lowest BCUT2D eigenvalue weighted by atomic mass is 10.0. The van der Waals surface area contributed by atoms with E-state index in [0.717, 1.165) is 17.8 Å². The minimum Gasteiger partial charge on any atom is -0.372 e. The van der Waals surface area contributed by atoms with Crippen LogP contribution in [0.4, 0.5) is 5.69 Å². The molecule has 15 heavy (non-hydrogen) atoms. The molecule has 0 atom stereocenters. The number of carbonyl (C=O) groups excluding carboxylic acids is 2. The fraction of sp³-hybridized carbons (Fsp3) is 0.200. The third kappa shape index (κ3) is 1.13. The summed E-state index contributed by atoms with van der Waals surface area (Å²) in [6, 6.07) is 3.51. The van der Waals surface area contributed by atoms with Crippen molar-refractivity contribution in [1.29, 1.82) is 0 Å². The van der Waals surface area contributed by atoms with Gasteiger partial charge in [0.1, 0.15) is 0 Å². The highest BCUT2D eigenvalue weighted by molar-refractivity contribution is 6.22. The van der Waals surface area contributed by atoms with Gasteiger partial charge in [0.15, 0.2) is 0 Å². The zero-order chi connectivity index (χ0) is 10.4. The van der Waals surface area contributed by atoms with E-state index in [9.17, 15) is 9.59 Å². The number of anilines is 1. The molecule has 1 aromatic rings. The Morgan fingerprint density at radius 3 is 2.60 bits per heavy atom. The number of rotatable bonds is 0. The summed E-state index contributed by atoms with van der Waals surface area (Å²) in [6.07, 6.45) is 0. The van der Waals surface area contributed by atoms with Gasteiger partial charge in [-0.3, -0.25) is 20.2 Å². The molecule has 0 fully saturated rings. The van der Waals surface area contributed by atoms with Crippen LogP contribution in [-0.2, 0) is 6.54 Å². The molecular formula is C10H9N3O2. The molecule has 5 nitrogen and oxygen atoms in total. The summed E-state index contributed by atoms with van der Waals surface area (Å²) >= 11 is 0. The molecule has 3 N–H and O–H groups in total. The standard InChI is InChI=1S/C10H9N3O2/c14-9-6-1-5-3-11-4-12-8(5)2-7(6)10(15)13-9/h1-2,11-12H,3-4H2,(H,13,14,15). The minimum absolute atomic E-state index is 0.302. The number of fused-ring (bicyclic) bond motifs is 2. The summed E-state index contributed by atoms with van der Waals surface area (Å²) in [4.78, 5) is 22.8. The predicted octanol–water partition coefficient (Wildman–Crippen LogP) is 0.0428. The van der Waals surface area contributed by atoms with E-state index in [1.807, 2.05) is 0 Å². The van der Waals surface area contributed by atoms with Crippen LogP contribution in [0, 0.1) is 0 Å². The van der Waals surface area contributed by atoms with Crippen molar-refractivity contribution in [2.75, 3.05) is 12.0 Å². The summed E-state index contributed by atoms with van der Waals surface area (Å²) < 4.78 is 0. The van der Waals surface area contributed by atoms with Crippen LogP contribution in [0.1, 0.15) is 26.3 Å². The number of amides is 2. The third-order valence-electron chi connectivity index (χ3n) is 2.68. The van der Waals surface area contributed by atoms with Crippen LogP contribution in [0.25, 0.3) is 0 Å². The predicted molar refractivity (Wildman–Crippen MR) is 53.6 cm³/mol. The Hall–Kier alpha value is -1.88. The fourth-order valence-corrected chi connectivity index (χ4v) is 1.92. The third-order valence-corrected chi connectivity index (χ3v) is 2.68. The van der Waals surface area contributed by atoms with Gasteiger partial charge in [0.05, 0.1) is 17.8 Å². The van der Waals surface area contributed by atoms with Crippen molar-refractivity contribution in [2.45, 2.75) is 6.54 Å². The highest BCUT2D eigenvalue weighted by Crippen LogP contribution is 2.26. The van der Waals surface area contributed by atoms with Gasteiger partial charge in [-0.05, 0) is 17.7 Å². The molecule has 0 radical (unpaired) electrons. The maximum absolute atomic E-state index is 11.4. The van der Waals surface area contributed by atoms with Gasteiger partial charge < -0.3 is 5.32 Å². The van der Waals surface area contributed by atoms with E-state index in [1.54, 1.807) is 12.1 Å². The molecule has 3 rings (SSSR count). The maximum atomic E-state index is 11.4. The first-order valence-electron chi connectivity index (χ1n) is 4.73. The van der Waals surface area contributed by atoms with Crippen molar-refractivity contribution in [1.82, 2.24) is 10.6 Å². The van der Waals surface area contributed by atoms with Gasteiger partial charge in [-0.25, -0.2) is 0 Å². The molecule has 0 saturated carbocycles. The van der Waals surface area contributed by atoms with Gasteiger partial charge >= 0.3 is 0 Å². The Morgan fingerprint density at radius 1 is 1.07 bits per heavy atom. The second-order valence-electron chi connectivity index (χ2n) is 3.62. The second kappa shape index (κ2) is 2.80. The molecule has 76 valence electrons. The molecule has 1 aromatic carbocycles. The molecule has 2 aliphatic heterocycles. The molecular weight excluding hydrogens is 194 g/mol. The molecule has 2 aliphatic rings. The lowest BCUT2D eigenvalue weighted by Crippen LogP contribution is -2.27. The van der Waals surface area contributed by atoms with Crippen molar-refractivity contribution in [3.8, 4) is 0 Å². The summed E-state index contributed by atoms with van der Waals surface area (Å²) in [5, 5.41) is 8.53. The van der Waals surface area contributed by atoms with Crippen LogP contribution in [0.15, 0.2) is 12.1 Å². The van der Waals surface area contributed by atoms with E-state index in [4.69, 9.17) is 0 Å². The van der Waals surface area contributed by atoms with Gasteiger partial charge in [-0.15, -0.1) is 0 Å². The molecule has 0 aliphatic carbocycles. The molecule has 0 unspecified atom stereocenters. The molecule has 2 amide bonds. The van der Waals surface area contributed by atoms with E-state index in [1.165, 1.54) is 0 Å². The highest BCUT2D eigenvalue weighted by atomic mass is 16.2. The monoisotopic (exact) mass is 203 g/mol. The van der Waals surface area contributed by atoms with Crippen LogP contribution in [0.5, 0.6) is 0 Å². The van der Waals surface area contributed by atoms with Crippen LogP contribution < -0.4 is 16.0 Å². The van der Waals surface area contributed by atoms with Crippen molar-refractivity contribution in [3.05, 3.63) is 28.8 Å². The number of benzene rings is 1. The van der Waals surface area contributed by atoms with E-state index in [-0.39, 0.29) is 11.8 Å². The number of imide groups is 1. The van der Waals surface area contributed by atoms with Crippen LogP contribution >= 0.6 is 0 Å². The number of hydrogen-bond acceptors (Lipinski definition) is 4. The molecule has 5 heteroatoms. The first-order chi connectivity index (χ1) is 7.25. The van der Waals surface area contributed by atoms with Crippen molar-refractivity contribution >= 4 is 17.5 Å². The first-order valence-corrected chi connectivity index (χ1v) is 4.73. The summed E-state index contributed by atoms with van der Waals surface area (Å²) in [5.74, 6) is -0.610. The Labute approximate surface area is 85.9 Å². The maximum Gasteiger partial charge on any atom is 0.259 e. The van der Waals surface area contributed by atoms with Gasteiger partial charge in [0.25, 0.3) is 11.8 Å². The number of hydrogen-bond donors (Lipinski definition) is 3. The van der Waals surface area contributed by atoms with E-state index in [2.05, 4.69) is 16.0 Å². The largest absolute Gasteiger partial charge is 0.372 e. The van der Waals surface area contributed by atoms with E-state index < -0.39 is 0 Å². The Balaban J connectivity index is 2.20. The Kier molecular flexibility index (Phi) is 1.58. The zero-order valence-electron chi connectivity index (χ0n) is 7.89. The summed E-state index contributed by atoms with van der Waals surface area (Å²) in [6.45, 7) is 1.40. The molecule has 2 heterocycles. The first kappa shape index (κ1) is 8.43. The second-order valence-corrected chi connectivity index (χ2v) is 3.62. The number of carbonyl (C=O) groups is 2. The zero-order valence-corrected chi connectivity index (χ0v) is 7.89.